The Bertz CT molecular complexity index is 944. The first-order chi connectivity index (χ1) is 15.0. The van der Waals surface area contributed by atoms with E-state index in [0.29, 0.717) is 12.2 Å². The summed E-state index contributed by atoms with van der Waals surface area (Å²) in [5.41, 5.74) is 5.30. The van der Waals surface area contributed by atoms with Crippen molar-refractivity contribution in [3.05, 3.63) is 101 Å². The van der Waals surface area contributed by atoms with Gasteiger partial charge in [-0.15, -0.1) is 0 Å². The zero-order valence-electron chi connectivity index (χ0n) is 17.8. The van der Waals surface area contributed by atoms with E-state index in [-0.39, 0.29) is 12.4 Å². The molecule has 0 saturated carbocycles. The number of carboxylic acid groups (broad SMARTS) is 1. The van der Waals surface area contributed by atoms with Gasteiger partial charge in [0.25, 0.3) is 6.47 Å². The molecule has 0 spiro atoms. The van der Waals surface area contributed by atoms with E-state index in [1.807, 2.05) is 31.2 Å². The number of aliphatic hydroxyl groups excluding tert-OH is 1. The minimum absolute atomic E-state index is 0.0635. The second-order valence-corrected chi connectivity index (χ2v) is 7.20. The zero-order valence-corrected chi connectivity index (χ0v) is 17.8. The number of rotatable bonds is 6. The minimum atomic E-state index is -0.250. The highest BCUT2D eigenvalue weighted by atomic mass is 16.3. The van der Waals surface area contributed by atoms with Crippen LogP contribution in [0, 0.1) is 0 Å². The molecule has 3 N–H and O–H groups in total. The van der Waals surface area contributed by atoms with Crippen LogP contribution in [0.2, 0.25) is 0 Å². The van der Waals surface area contributed by atoms with Crippen LogP contribution in [0.1, 0.15) is 43.7 Å². The van der Waals surface area contributed by atoms with Gasteiger partial charge >= 0.3 is 0 Å². The van der Waals surface area contributed by atoms with Crippen molar-refractivity contribution < 1.29 is 19.8 Å². The molecule has 1 aromatic rings. The van der Waals surface area contributed by atoms with E-state index in [2.05, 4.69) is 41.7 Å². The molecule has 0 fully saturated rings. The Hall–Kier alpha value is -3.60. The average Bonchev–Trinajstić information content (AvgIpc) is 3.09. The fraction of sp³-hybridized carbons (Fsp3) is 0.231. The van der Waals surface area contributed by atoms with Crippen LogP contribution in [0.4, 0.5) is 0 Å². The average molecular weight is 420 g/mol. The number of benzene rings is 1. The molecule has 0 radical (unpaired) electrons. The lowest BCUT2D eigenvalue weighted by atomic mass is 10.0. The number of carbonyl (C=O) groups is 2. The standard InChI is InChI=1S/C25H27NO2.CH2O2/c1-19-8-3-2-4-12-24(19)26-25(28)13-7-9-20-14-16-21(17-15-20)22-10-5-6-11-23(27)18-22;2-1-3/h2-3,5,8,10-12,14-18,27H,4,6-7,9,13H2,1H3,(H,26,28);1H,(H,2,3). The van der Waals surface area contributed by atoms with Crippen LogP contribution >= 0.6 is 0 Å². The molecule has 5 nitrogen and oxygen atoms in total. The molecule has 5 heteroatoms. The number of nitrogens with one attached hydrogen (secondary N) is 1. The van der Waals surface area contributed by atoms with Gasteiger partial charge in [0.05, 0.1) is 0 Å². The lowest BCUT2D eigenvalue weighted by molar-refractivity contribution is -0.123. The van der Waals surface area contributed by atoms with Crippen molar-refractivity contribution in [3.63, 3.8) is 0 Å². The predicted octanol–water partition coefficient (Wildman–Crippen LogP) is 5.40. The molecule has 1 aromatic carbocycles. The number of aryl methyl sites for hydroxylation is 1. The summed E-state index contributed by atoms with van der Waals surface area (Å²) in [6.07, 6.45) is 19.6. The Morgan fingerprint density at radius 3 is 2.58 bits per heavy atom. The van der Waals surface area contributed by atoms with E-state index in [9.17, 15) is 9.90 Å². The van der Waals surface area contributed by atoms with Crippen molar-refractivity contribution in [1.29, 1.82) is 0 Å². The van der Waals surface area contributed by atoms with Gasteiger partial charge in [-0.1, -0.05) is 60.7 Å². The first kappa shape index (κ1) is 23.7. The third kappa shape index (κ3) is 8.34. The van der Waals surface area contributed by atoms with Crippen LogP contribution in [-0.2, 0) is 16.0 Å². The number of hydrogen-bond donors (Lipinski definition) is 3. The number of carbonyl (C=O) groups excluding carboxylic acids is 1. The Kier molecular flexibility index (Phi) is 9.82. The largest absolute Gasteiger partial charge is 0.508 e. The van der Waals surface area contributed by atoms with Crippen molar-refractivity contribution in [3.8, 4) is 0 Å². The number of amides is 1. The molecule has 0 aromatic heterocycles. The fourth-order valence-corrected chi connectivity index (χ4v) is 3.24. The Morgan fingerprint density at radius 2 is 1.84 bits per heavy atom. The topological polar surface area (TPSA) is 86.6 Å². The quantitative estimate of drug-likeness (QED) is 0.539. The molecule has 31 heavy (non-hydrogen) atoms. The summed E-state index contributed by atoms with van der Waals surface area (Å²) in [7, 11) is 0. The van der Waals surface area contributed by atoms with E-state index in [4.69, 9.17) is 9.90 Å². The van der Waals surface area contributed by atoms with Gasteiger partial charge in [-0.3, -0.25) is 9.59 Å². The SMILES string of the molecule is CC1=CC=CCC=C1NC(=O)CCCc1ccc(C2=CC(O)=CCC=C2)cc1.O=CO. The van der Waals surface area contributed by atoms with E-state index in [0.717, 1.165) is 48.1 Å². The monoisotopic (exact) mass is 419 g/mol. The highest BCUT2D eigenvalue weighted by Crippen LogP contribution is 2.21. The van der Waals surface area contributed by atoms with E-state index >= 15 is 0 Å². The van der Waals surface area contributed by atoms with Crippen LogP contribution in [0.3, 0.4) is 0 Å². The fourth-order valence-electron chi connectivity index (χ4n) is 3.24. The van der Waals surface area contributed by atoms with Gasteiger partial charge in [0, 0.05) is 12.1 Å². The van der Waals surface area contributed by atoms with Gasteiger partial charge in [-0.2, -0.15) is 0 Å². The third-order valence-electron chi connectivity index (χ3n) is 4.86. The van der Waals surface area contributed by atoms with Gasteiger partial charge in [-0.05, 0) is 67.0 Å². The maximum absolute atomic E-state index is 12.2. The van der Waals surface area contributed by atoms with Crippen LogP contribution in [-0.4, -0.2) is 22.6 Å². The molecule has 2 aliphatic carbocycles. The second-order valence-electron chi connectivity index (χ2n) is 7.20. The summed E-state index contributed by atoms with van der Waals surface area (Å²) >= 11 is 0. The number of aliphatic hydroxyl groups is 1. The Balaban J connectivity index is 0.00000107. The Labute approximate surface area is 183 Å². The summed E-state index contributed by atoms with van der Waals surface area (Å²) in [6.45, 7) is 1.76. The molecular weight excluding hydrogens is 390 g/mol. The van der Waals surface area contributed by atoms with Crippen LogP contribution in [0.5, 0.6) is 0 Å². The van der Waals surface area contributed by atoms with Crippen molar-refractivity contribution in [2.45, 2.75) is 39.0 Å². The van der Waals surface area contributed by atoms with E-state index < -0.39 is 0 Å². The van der Waals surface area contributed by atoms with Crippen LogP contribution in [0.25, 0.3) is 5.57 Å². The first-order valence-corrected chi connectivity index (χ1v) is 10.3. The molecule has 0 bridgehead atoms. The summed E-state index contributed by atoms with van der Waals surface area (Å²) in [4.78, 5) is 20.6. The highest BCUT2D eigenvalue weighted by molar-refractivity contribution is 5.79. The maximum Gasteiger partial charge on any atom is 0.290 e. The number of hydrogen-bond acceptors (Lipinski definition) is 3. The number of allylic oxidation sites excluding steroid dienone is 10. The van der Waals surface area contributed by atoms with Gasteiger partial charge < -0.3 is 15.5 Å². The molecular formula is C26H29NO4. The van der Waals surface area contributed by atoms with Gasteiger partial charge in [-0.25, -0.2) is 0 Å². The molecule has 0 aliphatic heterocycles. The molecule has 3 rings (SSSR count). The van der Waals surface area contributed by atoms with Gasteiger partial charge in [0.1, 0.15) is 5.76 Å². The molecule has 162 valence electrons. The summed E-state index contributed by atoms with van der Waals surface area (Å²) in [6, 6.07) is 8.34. The lowest BCUT2D eigenvalue weighted by Crippen LogP contribution is -2.23. The maximum atomic E-state index is 12.2. The minimum Gasteiger partial charge on any atom is -0.508 e. The summed E-state index contributed by atoms with van der Waals surface area (Å²) in [5, 5.41) is 19.7. The molecule has 0 heterocycles. The molecule has 2 aliphatic rings. The lowest BCUT2D eigenvalue weighted by Gasteiger charge is -2.10. The molecule has 0 unspecified atom stereocenters. The summed E-state index contributed by atoms with van der Waals surface area (Å²) < 4.78 is 0. The first-order valence-electron chi connectivity index (χ1n) is 10.3. The smallest absolute Gasteiger partial charge is 0.290 e. The Morgan fingerprint density at radius 1 is 1.13 bits per heavy atom. The van der Waals surface area contributed by atoms with Crippen molar-refractivity contribution in [2.75, 3.05) is 0 Å². The molecule has 0 saturated heterocycles. The van der Waals surface area contributed by atoms with Crippen molar-refractivity contribution in [2.24, 2.45) is 0 Å². The van der Waals surface area contributed by atoms with Crippen molar-refractivity contribution >= 4 is 18.0 Å². The van der Waals surface area contributed by atoms with Crippen LogP contribution in [0.15, 0.2) is 89.9 Å². The third-order valence-corrected chi connectivity index (χ3v) is 4.86. The normalized spacial score (nSPS) is 15.1. The van der Waals surface area contributed by atoms with E-state index in [1.54, 1.807) is 12.2 Å². The van der Waals surface area contributed by atoms with E-state index in [1.165, 1.54) is 5.56 Å². The molecule has 1 amide bonds. The second kappa shape index (κ2) is 12.9. The van der Waals surface area contributed by atoms with Gasteiger partial charge in [0.2, 0.25) is 5.91 Å². The van der Waals surface area contributed by atoms with Gasteiger partial charge in [0.15, 0.2) is 0 Å². The van der Waals surface area contributed by atoms with Crippen molar-refractivity contribution in [1.82, 2.24) is 5.32 Å². The molecule has 0 atom stereocenters. The zero-order chi connectivity index (χ0) is 22.5. The van der Waals surface area contributed by atoms with Crippen LogP contribution < -0.4 is 5.32 Å². The summed E-state index contributed by atoms with van der Waals surface area (Å²) in [5.74, 6) is 0.369. The highest BCUT2D eigenvalue weighted by Gasteiger charge is 2.08. The predicted molar refractivity (Wildman–Crippen MR) is 124 cm³/mol.